The summed E-state index contributed by atoms with van der Waals surface area (Å²) in [5, 5.41) is 10.2. The largest absolute Gasteiger partial charge is 0.507 e. The number of phenols is 1. The number of benzene rings is 2. The van der Waals surface area contributed by atoms with Gasteiger partial charge >= 0.3 is 0 Å². The van der Waals surface area contributed by atoms with Gasteiger partial charge in [-0.1, -0.05) is 36.4 Å². The maximum absolute atomic E-state index is 12.8. The minimum Gasteiger partial charge on any atom is -0.507 e. The number of aromatic hydroxyl groups is 1. The lowest BCUT2D eigenvalue weighted by Crippen LogP contribution is -2.22. The van der Waals surface area contributed by atoms with Gasteiger partial charge in [-0.25, -0.2) is 0 Å². The topological polar surface area (TPSA) is 63.6 Å². The van der Waals surface area contributed by atoms with Gasteiger partial charge in [-0.2, -0.15) is 0 Å². The van der Waals surface area contributed by atoms with Crippen molar-refractivity contribution in [1.82, 2.24) is 0 Å². The number of phenolic OH excluding ortho intramolecular Hbond substituents is 1. The highest BCUT2D eigenvalue weighted by Gasteiger charge is 2.35. The zero-order valence-corrected chi connectivity index (χ0v) is 12.2. The van der Waals surface area contributed by atoms with Gasteiger partial charge in [0, 0.05) is 16.7 Å². The standard InChI is InChI=1S/C18H14O4/c1-3-6-10-9-13(19)14-15(18(10)22-2)17(21)12-8-5-4-7-11(12)16(14)20/h3-9,19H,1-2H3/b6-3+. The summed E-state index contributed by atoms with van der Waals surface area (Å²) in [6, 6.07) is 8.03. The molecule has 22 heavy (non-hydrogen) atoms. The van der Waals surface area contributed by atoms with Crippen molar-refractivity contribution in [3.63, 3.8) is 0 Å². The Bertz CT molecular complexity index is 831. The van der Waals surface area contributed by atoms with Crippen molar-refractivity contribution in [2.45, 2.75) is 6.92 Å². The summed E-state index contributed by atoms with van der Waals surface area (Å²) < 4.78 is 5.35. The van der Waals surface area contributed by atoms with E-state index in [1.54, 1.807) is 36.4 Å². The average molecular weight is 294 g/mol. The van der Waals surface area contributed by atoms with Crippen molar-refractivity contribution in [2.24, 2.45) is 0 Å². The van der Waals surface area contributed by atoms with E-state index in [9.17, 15) is 14.7 Å². The highest BCUT2D eigenvalue weighted by molar-refractivity contribution is 6.30. The molecule has 4 heteroatoms. The Morgan fingerprint density at radius 1 is 1.05 bits per heavy atom. The van der Waals surface area contributed by atoms with Crippen LogP contribution in [0.5, 0.6) is 11.5 Å². The smallest absolute Gasteiger partial charge is 0.198 e. The normalized spacial score (nSPS) is 13.2. The predicted molar refractivity (Wildman–Crippen MR) is 82.7 cm³/mol. The molecule has 1 aliphatic rings. The number of rotatable bonds is 2. The van der Waals surface area contributed by atoms with Gasteiger partial charge in [-0.3, -0.25) is 9.59 Å². The molecule has 0 atom stereocenters. The maximum Gasteiger partial charge on any atom is 0.198 e. The molecule has 0 heterocycles. The molecule has 0 amide bonds. The van der Waals surface area contributed by atoms with Crippen molar-refractivity contribution in [1.29, 1.82) is 0 Å². The third-order valence-electron chi connectivity index (χ3n) is 3.71. The van der Waals surface area contributed by atoms with Gasteiger partial charge in [0.25, 0.3) is 0 Å². The van der Waals surface area contributed by atoms with Gasteiger partial charge in [0.2, 0.25) is 0 Å². The van der Waals surface area contributed by atoms with Crippen LogP contribution in [0.4, 0.5) is 0 Å². The minimum atomic E-state index is -0.368. The van der Waals surface area contributed by atoms with Crippen LogP contribution in [0.25, 0.3) is 6.08 Å². The third kappa shape index (κ3) is 1.84. The molecule has 0 radical (unpaired) electrons. The molecule has 2 aromatic carbocycles. The number of carbonyl (C=O) groups excluding carboxylic acids is 2. The molecule has 110 valence electrons. The third-order valence-corrected chi connectivity index (χ3v) is 3.71. The average Bonchev–Trinajstić information content (AvgIpc) is 2.52. The summed E-state index contributed by atoms with van der Waals surface area (Å²) in [5.74, 6) is -0.591. The fourth-order valence-electron chi connectivity index (χ4n) is 2.79. The molecule has 0 spiro atoms. The molecule has 3 rings (SSSR count). The van der Waals surface area contributed by atoms with Gasteiger partial charge in [0.05, 0.1) is 18.2 Å². The fourth-order valence-corrected chi connectivity index (χ4v) is 2.79. The molecule has 2 aromatic rings. The van der Waals surface area contributed by atoms with Crippen molar-refractivity contribution in [3.8, 4) is 11.5 Å². The second-order valence-corrected chi connectivity index (χ2v) is 4.97. The molecule has 4 nitrogen and oxygen atoms in total. The Balaban J connectivity index is 2.39. The molecule has 1 N–H and O–H groups in total. The molecular formula is C18H14O4. The number of allylic oxidation sites excluding steroid dienone is 1. The molecule has 0 fully saturated rings. The van der Waals surface area contributed by atoms with Crippen LogP contribution in [0.15, 0.2) is 36.4 Å². The number of ether oxygens (including phenoxy) is 1. The Hall–Kier alpha value is -2.88. The first-order valence-corrected chi connectivity index (χ1v) is 6.85. The molecule has 0 bridgehead atoms. The molecular weight excluding hydrogens is 280 g/mol. The molecule has 0 unspecified atom stereocenters. The Kier molecular flexibility index (Phi) is 3.29. The van der Waals surface area contributed by atoms with Crippen LogP contribution in [0, 0.1) is 0 Å². The van der Waals surface area contributed by atoms with Crippen LogP contribution in [-0.2, 0) is 0 Å². The van der Waals surface area contributed by atoms with Crippen molar-refractivity contribution < 1.29 is 19.4 Å². The number of fused-ring (bicyclic) bond motifs is 2. The number of methoxy groups -OCH3 is 1. The lowest BCUT2D eigenvalue weighted by atomic mass is 9.82. The first kappa shape index (κ1) is 14.1. The van der Waals surface area contributed by atoms with Gasteiger partial charge in [-0.15, -0.1) is 0 Å². The molecule has 0 saturated heterocycles. The van der Waals surface area contributed by atoms with E-state index in [0.29, 0.717) is 22.4 Å². The Morgan fingerprint density at radius 3 is 2.18 bits per heavy atom. The zero-order chi connectivity index (χ0) is 15.9. The van der Waals surface area contributed by atoms with E-state index >= 15 is 0 Å². The van der Waals surface area contributed by atoms with E-state index in [-0.39, 0.29) is 28.4 Å². The first-order valence-electron chi connectivity index (χ1n) is 6.85. The van der Waals surface area contributed by atoms with Gasteiger partial charge in [0.15, 0.2) is 11.6 Å². The molecule has 0 saturated carbocycles. The highest BCUT2D eigenvalue weighted by Crippen LogP contribution is 2.40. The summed E-state index contributed by atoms with van der Waals surface area (Å²) in [7, 11) is 1.44. The highest BCUT2D eigenvalue weighted by atomic mass is 16.5. The minimum absolute atomic E-state index is 0.00815. The van der Waals surface area contributed by atoms with E-state index in [1.807, 2.05) is 6.92 Å². The number of carbonyl (C=O) groups is 2. The van der Waals surface area contributed by atoms with E-state index in [1.165, 1.54) is 13.2 Å². The second kappa shape index (κ2) is 5.15. The predicted octanol–water partition coefficient (Wildman–Crippen LogP) is 3.21. The van der Waals surface area contributed by atoms with E-state index in [2.05, 4.69) is 0 Å². The monoisotopic (exact) mass is 294 g/mol. The summed E-state index contributed by atoms with van der Waals surface area (Å²) in [4.78, 5) is 25.4. The van der Waals surface area contributed by atoms with Crippen LogP contribution < -0.4 is 4.74 Å². The van der Waals surface area contributed by atoms with E-state index in [0.717, 1.165) is 0 Å². The fraction of sp³-hybridized carbons (Fsp3) is 0.111. The zero-order valence-electron chi connectivity index (χ0n) is 12.2. The quantitative estimate of drug-likeness (QED) is 0.788. The summed E-state index contributed by atoms with van der Waals surface area (Å²) >= 11 is 0. The van der Waals surface area contributed by atoms with Gasteiger partial charge in [0.1, 0.15) is 11.5 Å². The molecule has 1 aliphatic carbocycles. The van der Waals surface area contributed by atoms with Gasteiger partial charge in [-0.05, 0) is 13.0 Å². The SMILES string of the molecule is C/C=C/c1cc(O)c2c(c1OC)C(=O)c1ccccc1C2=O. The van der Waals surface area contributed by atoms with Crippen LogP contribution in [-0.4, -0.2) is 23.8 Å². The molecule has 0 aliphatic heterocycles. The van der Waals surface area contributed by atoms with E-state index < -0.39 is 0 Å². The lowest BCUT2D eigenvalue weighted by molar-refractivity contribution is 0.0974. The molecule has 0 aromatic heterocycles. The van der Waals surface area contributed by atoms with E-state index in [4.69, 9.17) is 4.74 Å². The number of hydrogen-bond donors (Lipinski definition) is 1. The maximum atomic E-state index is 12.8. The Labute approximate surface area is 127 Å². The van der Waals surface area contributed by atoms with Crippen molar-refractivity contribution in [2.75, 3.05) is 7.11 Å². The van der Waals surface area contributed by atoms with Gasteiger partial charge < -0.3 is 9.84 Å². The first-order chi connectivity index (χ1) is 10.6. The van der Waals surface area contributed by atoms with Crippen molar-refractivity contribution in [3.05, 3.63) is 64.2 Å². The van der Waals surface area contributed by atoms with Crippen molar-refractivity contribution >= 4 is 17.6 Å². The summed E-state index contributed by atoms with van der Waals surface area (Å²) in [6.45, 7) is 1.82. The summed E-state index contributed by atoms with van der Waals surface area (Å²) in [5.41, 5.74) is 1.32. The Morgan fingerprint density at radius 2 is 1.64 bits per heavy atom. The van der Waals surface area contributed by atoms with Crippen LogP contribution in [0.1, 0.15) is 44.3 Å². The van der Waals surface area contributed by atoms with Crippen LogP contribution in [0.2, 0.25) is 0 Å². The number of hydrogen-bond acceptors (Lipinski definition) is 4. The summed E-state index contributed by atoms with van der Waals surface area (Å²) in [6.07, 6.45) is 3.49. The lowest BCUT2D eigenvalue weighted by Gasteiger charge is -2.21. The van der Waals surface area contributed by atoms with Crippen LogP contribution in [0.3, 0.4) is 0 Å². The number of ketones is 2. The second-order valence-electron chi connectivity index (χ2n) is 4.97. The van der Waals surface area contributed by atoms with Crippen LogP contribution >= 0.6 is 0 Å².